The summed E-state index contributed by atoms with van der Waals surface area (Å²) in [4.78, 5) is 270. The molecule has 0 radical (unpaired) electrons. The maximum absolute atomic E-state index is 15.5. The van der Waals surface area contributed by atoms with E-state index in [1.807, 2.05) is 42.5 Å². The summed E-state index contributed by atoms with van der Waals surface area (Å²) in [5.41, 5.74) is 15.1. The molecule has 41 heteroatoms. The first kappa shape index (κ1) is 105. The van der Waals surface area contributed by atoms with Crippen LogP contribution in [0.4, 0.5) is 0 Å². The van der Waals surface area contributed by atoms with Gasteiger partial charge in [-0.1, -0.05) is 140 Å². The second kappa shape index (κ2) is 50.1. The Morgan fingerprint density at radius 1 is 0.493 bits per heavy atom. The van der Waals surface area contributed by atoms with Gasteiger partial charge >= 0.3 is 5.97 Å². The summed E-state index contributed by atoms with van der Waals surface area (Å²) in [6.07, 6.45) is 1.05. The highest BCUT2D eigenvalue weighted by Gasteiger charge is 2.44. The predicted octanol–water partition coefficient (Wildman–Crippen LogP) is -0.655. The number of phenols is 1. The van der Waals surface area contributed by atoms with Gasteiger partial charge in [-0.2, -0.15) is 0 Å². The smallest absolute Gasteiger partial charge is 0.305 e. The molecule has 0 saturated carbocycles. The van der Waals surface area contributed by atoms with Crippen molar-refractivity contribution in [2.45, 2.75) is 224 Å². The van der Waals surface area contributed by atoms with Gasteiger partial charge in [-0.15, -0.1) is 11.8 Å². The molecule has 15 atom stereocenters. The van der Waals surface area contributed by atoms with Crippen LogP contribution in [-0.4, -0.2) is 264 Å². The Bertz CT molecular complexity index is 5180. The van der Waals surface area contributed by atoms with Gasteiger partial charge in [0.05, 0.1) is 25.2 Å². The molecule has 2 aromatic heterocycles. The van der Waals surface area contributed by atoms with Crippen molar-refractivity contribution in [1.82, 2.24) is 88.9 Å². The van der Waals surface area contributed by atoms with Crippen molar-refractivity contribution in [3.8, 4) is 16.9 Å². The molecule has 0 bridgehead atoms. The Morgan fingerprint density at radius 3 is 1.48 bits per heavy atom. The summed E-state index contributed by atoms with van der Waals surface area (Å²) in [6.45, 7) is 14.6. The van der Waals surface area contributed by atoms with Crippen LogP contribution in [0.1, 0.15) is 130 Å². The highest BCUT2D eigenvalue weighted by molar-refractivity contribution is 8.00. The number of aromatic amines is 1. The molecule has 40 nitrogen and oxygen atoms in total. The molecule has 4 aromatic carbocycles. The second-order valence-electron chi connectivity index (χ2n) is 35.1. The number of likely N-dealkylation sites (N-methyl/N-ethyl adjacent to an activating group) is 1. The molecule has 0 spiro atoms. The van der Waals surface area contributed by atoms with Gasteiger partial charge in [0, 0.05) is 74.5 Å². The van der Waals surface area contributed by atoms with Crippen LogP contribution in [0.2, 0.25) is 0 Å². The number of amides is 17. The molecule has 134 heavy (non-hydrogen) atoms. The quantitative estimate of drug-likeness (QED) is 0.0379. The number of para-hydroxylation sites is 1. The fourth-order valence-electron chi connectivity index (χ4n) is 15.3. The van der Waals surface area contributed by atoms with E-state index in [9.17, 15) is 68.1 Å². The van der Waals surface area contributed by atoms with Crippen LogP contribution in [0.15, 0.2) is 134 Å². The van der Waals surface area contributed by atoms with Crippen LogP contribution in [0, 0.1) is 23.7 Å². The maximum atomic E-state index is 15.5. The number of hydrogen-bond acceptors (Lipinski definition) is 22. The van der Waals surface area contributed by atoms with E-state index in [2.05, 4.69) is 79.1 Å². The molecule has 2 aliphatic rings. The zero-order valence-corrected chi connectivity index (χ0v) is 77.5. The molecular formula is C93H123N19O21S. The predicted molar refractivity (Wildman–Crippen MR) is 493 cm³/mol. The van der Waals surface area contributed by atoms with E-state index in [-0.39, 0.29) is 68.7 Å². The lowest BCUT2D eigenvalue weighted by Gasteiger charge is -2.34. The number of carbonyl (C=O) groups excluding carboxylic acids is 17. The summed E-state index contributed by atoms with van der Waals surface area (Å²) in [6, 6.07) is 7.56. The van der Waals surface area contributed by atoms with Gasteiger partial charge in [0.1, 0.15) is 96.4 Å². The van der Waals surface area contributed by atoms with E-state index in [0.29, 0.717) is 39.4 Å². The van der Waals surface area contributed by atoms with Crippen LogP contribution in [-0.2, 0) is 112 Å². The summed E-state index contributed by atoms with van der Waals surface area (Å²) in [5, 5.41) is 65.6. The van der Waals surface area contributed by atoms with Crippen LogP contribution in [0.3, 0.4) is 0 Å². The van der Waals surface area contributed by atoms with E-state index in [0.717, 1.165) is 16.0 Å². The molecule has 4 heterocycles. The fraction of sp³-hybridized carbons (Fsp3) is 0.473. The number of aromatic nitrogens is 2. The Kier molecular flexibility index (Phi) is 39.5. The number of aromatic hydroxyl groups is 1. The SMILES string of the molecule is CC(C)C[C@@H]1NC(=O)[C@H](Cc2c[nH]c3ccccc23)NC(=O)[C@H](CC(=O)O)NC(=O)[C@H](Cc2ccc(O)cc2)NC(=O)[C@H](Cc2ccncc2)NC(=O)CSC[C@@H](C(=O)N[C@@H](C)C(N)=O)NC(=O)[C@H](CO)NC(=O)[C@H](C(C)C)NC(=O)[C@H](CC(C)C)NC(=O)[C@H](CC(N)=O)NC(=O)[C@H]2CCCN2C(=O)[C@H](C)N(C)C(=O)[C@H](C(C)C)NC(=O)[C@H](Cc2ccc(-c3ccccc3)cc2)NC1=O. The van der Waals surface area contributed by atoms with E-state index >= 15 is 33.6 Å². The van der Waals surface area contributed by atoms with Crippen molar-refractivity contribution in [3.63, 3.8) is 0 Å². The van der Waals surface area contributed by atoms with E-state index in [4.69, 9.17) is 11.5 Å². The molecule has 6 aromatic rings. The largest absolute Gasteiger partial charge is 0.508 e. The van der Waals surface area contributed by atoms with Crippen molar-refractivity contribution in [3.05, 3.63) is 156 Å². The third kappa shape index (κ3) is 31.1. The highest BCUT2D eigenvalue weighted by Crippen LogP contribution is 2.26. The van der Waals surface area contributed by atoms with Crippen LogP contribution < -0.4 is 80.6 Å². The number of fused-ring (bicyclic) bond motifs is 2. The molecular weight excluding hydrogens is 1750 g/mol. The van der Waals surface area contributed by atoms with E-state index in [1.54, 1.807) is 84.1 Å². The van der Waals surface area contributed by atoms with Gasteiger partial charge in [0.25, 0.3) is 0 Å². The third-order valence-corrected chi connectivity index (χ3v) is 23.8. The molecule has 722 valence electrons. The number of carboxylic acids is 1. The number of nitrogens with two attached hydrogens (primary N) is 2. The van der Waals surface area contributed by atoms with Crippen LogP contribution >= 0.6 is 11.8 Å². The Hall–Kier alpha value is -13.9. The molecule has 17 amide bonds. The van der Waals surface area contributed by atoms with E-state index < -0.39 is 252 Å². The number of pyridine rings is 1. The molecule has 2 saturated heterocycles. The average molecular weight is 1880 g/mol. The molecule has 21 N–H and O–H groups in total. The van der Waals surface area contributed by atoms with Crippen molar-refractivity contribution < 1.29 is 102 Å². The first-order chi connectivity index (χ1) is 63.5. The standard InChI is InChI=1S/C93H123N19O21S/c1-48(2)36-63-80(120)103-67(38-54-23-27-58(28-24-54)57-18-13-12-14-19-57)87(127)110-78(51(7)8)93(133)111(11)53(10)92(132)112-35-17-22-73(112)90(130)106-69(42-74(94)115)84(124)101-64(37-49(3)4)86(126)109-77(50(5)6)91(131)107-71(45-113)88(128)108-72(89(129)98-52(9)79(95)119)46-134-47-75(116)99-65(40-56-31-33-96-34-32-56)81(121)102-66(39-55-25-29-60(114)30-26-55)82(122)105-70(43-76(117)118)85(125)104-68(83(123)100-63)41-59-44-97-62-21-16-15-20-61(59)62/h12-16,18-21,23-34,44,48-53,63-73,77-78,97,113-114H,17,22,35-43,45-47H2,1-11H3,(H2,94,115)(H2,95,119)(H,98,129)(H,99,116)(H,100,123)(H,101,124)(H,102,121)(H,103,120)(H,104,125)(H,105,122)(H,106,130)(H,107,131)(H,108,128)(H,109,126)(H,110,127)(H,117,118)/t52-,53-,63-,64-,65-,66-,67-,68-,69-,70-,71-,72-,73+,77-,78-/m0/s1. The van der Waals surface area contributed by atoms with Crippen molar-refractivity contribution >= 4 is 129 Å². The van der Waals surface area contributed by atoms with Gasteiger partial charge in [-0.25, -0.2) is 0 Å². The average Bonchev–Trinajstić information content (AvgIpc) is 1.63. The minimum atomic E-state index is -2.07. The number of thioether (sulfide) groups is 1. The Labute approximate surface area is 779 Å². The summed E-state index contributed by atoms with van der Waals surface area (Å²) in [7, 11) is 1.31. The number of aliphatic carboxylic acids is 1. The zero-order chi connectivity index (χ0) is 98.5. The molecule has 0 unspecified atom stereocenters. The van der Waals surface area contributed by atoms with Gasteiger partial charge in [-0.05, 0) is 127 Å². The topological polar surface area (TPSA) is 612 Å². The number of carbonyl (C=O) groups is 18. The number of primary amides is 2. The Balaban J connectivity index is 1.19. The monoisotopic (exact) mass is 1870 g/mol. The third-order valence-electron chi connectivity index (χ3n) is 22.8. The minimum absolute atomic E-state index is 0.0183. The van der Waals surface area contributed by atoms with Gasteiger partial charge in [-0.3, -0.25) is 91.3 Å². The lowest BCUT2D eigenvalue weighted by atomic mass is 9.97. The number of phenolic OH excluding ortho intramolecular Hbond substituents is 1. The summed E-state index contributed by atoms with van der Waals surface area (Å²) < 4.78 is 0. The summed E-state index contributed by atoms with van der Waals surface area (Å²) >= 11 is 0.696. The number of benzene rings is 4. The van der Waals surface area contributed by atoms with Crippen molar-refractivity contribution in [2.24, 2.45) is 35.1 Å². The lowest BCUT2D eigenvalue weighted by Crippen LogP contribution is -2.62. The fourth-order valence-corrected chi connectivity index (χ4v) is 16.1. The maximum Gasteiger partial charge on any atom is 0.305 e. The number of rotatable bonds is 23. The zero-order valence-electron chi connectivity index (χ0n) is 76.7. The molecule has 8 rings (SSSR count). The number of aliphatic hydroxyl groups excluding tert-OH is 1. The number of nitrogens with zero attached hydrogens (tertiary/aromatic N) is 3. The first-order valence-corrected chi connectivity index (χ1v) is 45.5. The van der Waals surface area contributed by atoms with Gasteiger partial charge in [0.15, 0.2) is 0 Å². The highest BCUT2D eigenvalue weighted by atomic mass is 32.2. The Morgan fingerprint density at radius 2 is 0.940 bits per heavy atom. The van der Waals surface area contributed by atoms with E-state index in [1.165, 1.54) is 88.4 Å². The summed E-state index contributed by atoms with van der Waals surface area (Å²) in [5.74, 6) is -22.5. The van der Waals surface area contributed by atoms with Crippen LogP contribution in [0.5, 0.6) is 5.75 Å². The number of hydrogen-bond donors (Lipinski definition) is 19. The molecule has 2 aliphatic heterocycles. The number of nitrogens with one attached hydrogen (secondary N) is 14. The van der Waals surface area contributed by atoms with Crippen LogP contribution in [0.25, 0.3) is 22.0 Å². The lowest BCUT2D eigenvalue weighted by molar-refractivity contribution is -0.148. The van der Waals surface area contributed by atoms with Crippen molar-refractivity contribution in [2.75, 3.05) is 31.7 Å². The minimum Gasteiger partial charge on any atom is -0.508 e. The normalized spacial score (nSPS) is 23.9. The number of aliphatic hydroxyl groups is 1. The number of carboxylic acid groups (broad SMARTS) is 1. The molecule has 0 aliphatic carbocycles. The number of H-pyrrole nitrogens is 1. The van der Waals surface area contributed by atoms with Gasteiger partial charge < -0.3 is 111 Å². The first-order valence-electron chi connectivity index (χ1n) is 44.3. The molecule has 2 fully saturated rings. The van der Waals surface area contributed by atoms with Gasteiger partial charge in [0.2, 0.25) is 100 Å². The van der Waals surface area contributed by atoms with Crippen molar-refractivity contribution in [1.29, 1.82) is 0 Å². The second-order valence-corrected chi connectivity index (χ2v) is 36.1.